The fourth-order valence-corrected chi connectivity index (χ4v) is 2.65. The van der Waals surface area contributed by atoms with Gasteiger partial charge >= 0.3 is 0 Å². The molecule has 0 spiro atoms. The lowest BCUT2D eigenvalue weighted by Gasteiger charge is -2.14. The summed E-state index contributed by atoms with van der Waals surface area (Å²) in [5.74, 6) is 5.60. The Bertz CT molecular complexity index is 453. The minimum absolute atomic E-state index is 0.239. The van der Waals surface area contributed by atoms with Crippen LogP contribution in [-0.2, 0) is 12.8 Å². The first-order valence-electron chi connectivity index (χ1n) is 5.69. The maximum atomic E-state index is 5.60. The van der Waals surface area contributed by atoms with Crippen molar-refractivity contribution in [1.29, 1.82) is 0 Å². The molecule has 0 saturated heterocycles. The summed E-state index contributed by atoms with van der Waals surface area (Å²) in [7, 11) is 0. The average molecular weight is 247 g/mol. The quantitative estimate of drug-likeness (QED) is 0.628. The molecule has 2 aromatic rings. The molecule has 0 fully saturated rings. The van der Waals surface area contributed by atoms with Gasteiger partial charge in [-0.15, -0.1) is 11.3 Å². The molecule has 1 unspecified atom stereocenters. The lowest BCUT2D eigenvalue weighted by atomic mass is 10.0. The molecule has 0 aliphatic rings. The van der Waals surface area contributed by atoms with Gasteiger partial charge in [-0.05, 0) is 18.9 Å². The van der Waals surface area contributed by atoms with E-state index in [0.29, 0.717) is 0 Å². The highest BCUT2D eigenvalue weighted by molar-refractivity contribution is 7.09. The van der Waals surface area contributed by atoms with E-state index < -0.39 is 0 Å². The van der Waals surface area contributed by atoms with E-state index in [4.69, 9.17) is 5.84 Å². The monoisotopic (exact) mass is 247 g/mol. The standard InChI is InChI=1S/C13H17N3S/c1-10-9-17-13(15-10)8-12(16-14)7-11-5-3-2-4-6-11/h2-6,9,12,16H,7-8,14H2,1H3. The van der Waals surface area contributed by atoms with Gasteiger partial charge in [0, 0.05) is 23.5 Å². The van der Waals surface area contributed by atoms with E-state index in [1.54, 1.807) is 11.3 Å². The second-order valence-corrected chi connectivity index (χ2v) is 5.08. The summed E-state index contributed by atoms with van der Waals surface area (Å²) in [6.07, 6.45) is 1.81. The Balaban J connectivity index is 1.98. The van der Waals surface area contributed by atoms with Gasteiger partial charge < -0.3 is 0 Å². The normalized spacial score (nSPS) is 12.6. The number of thiazole rings is 1. The van der Waals surface area contributed by atoms with Gasteiger partial charge in [-0.25, -0.2) is 4.98 Å². The van der Waals surface area contributed by atoms with Crippen molar-refractivity contribution in [3.05, 3.63) is 52.0 Å². The molecule has 1 heterocycles. The molecule has 2 rings (SSSR count). The summed E-state index contributed by atoms with van der Waals surface area (Å²) in [6.45, 7) is 2.02. The highest BCUT2D eigenvalue weighted by Gasteiger charge is 2.10. The second kappa shape index (κ2) is 5.91. The number of hydrogen-bond acceptors (Lipinski definition) is 4. The number of hydrogen-bond donors (Lipinski definition) is 2. The van der Waals surface area contributed by atoms with E-state index in [1.165, 1.54) is 5.56 Å². The van der Waals surface area contributed by atoms with Gasteiger partial charge in [0.25, 0.3) is 0 Å². The summed E-state index contributed by atoms with van der Waals surface area (Å²) in [5.41, 5.74) is 5.25. The zero-order valence-corrected chi connectivity index (χ0v) is 10.7. The number of nitrogens with two attached hydrogens (primary N) is 1. The number of rotatable bonds is 5. The third-order valence-electron chi connectivity index (χ3n) is 2.65. The lowest BCUT2D eigenvalue weighted by molar-refractivity contribution is 0.521. The molecule has 4 heteroatoms. The number of nitrogens with zero attached hydrogens (tertiary/aromatic N) is 1. The Kier molecular flexibility index (Phi) is 4.25. The molecule has 0 bridgehead atoms. The Morgan fingerprint density at radius 2 is 2.06 bits per heavy atom. The van der Waals surface area contributed by atoms with Crippen LogP contribution in [0, 0.1) is 6.92 Å². The molecule has 1 aromatic carbocycles. The first kappa shape index (κ1) is 12.2. The highest BCUT2D eigenvalue weighted by Crippen LogP contribution is 2.13. The van der Waals surface area contributed by atoms with Crippen LogP contribution in [0.15, 0.2) is 35.7 Å². The highest BCUT2D eigenvalue weighted by atomic mass is 32.1. The predicted molar refractivity (Wildman–Crippen MR) is 71.8 cm³/mol. The van der Waals surface area contributed by atoms with Crippen molar-refractivity contribution < 1.29 is 0 Å². The summed E-state index contributed by atoms with van der Waals surface area (Å²) in [5, 5.41) is 3.21. The first-order chi connectivity index (χ1) is 8.28. The van der Waals surface area contributed by atoms with Gasteiger partial charge in [0.05, 0.1) is 5.01 Å². The minimum atomic E-state index is 0.239. The van der Waals surface area contributed by atoms with Crippen LogP contribution in [0.3, 0.4) is 0 Å². The van der Waals surface area contributed by atoms with Crippen molar-refractivity contribution in [3.63, 3.8) is 0 Å². The molecule has 3 nitrogen and oxygen atoms in total. The molecule has 1 atom stereocenters. The summed E-state index contributed by atoms with van der Waals surface area (Å²) >= 11 is 1.70. The molecule has 0 amide bonds. The number of aryl methyl sites for hydroxylation is 1. The van der Waals surface area contributed by atoms with Crippen molar-refractivity contribution in [1.82, 2.24) is 10.4 Å². The van der Waals surface area contributed by atoms with Gasteiger partial charge in [-0.2, -0.15) is 0 Å². The number of nitrogens with one attached hydrogen (secondary N) is 1. The molecule has 0 aliphatic carbocycles. The van der Waals surface area contributed by atoms with Gasteiger partial charge in [-0.3, -0.25) is 11.3 Å². The van der Waals surface area contributed by atoms with Crippen LogP contribution in [0.1, 0.15) is 16.3 Å². The van der Waals surface area contributed by atoms with E-state index in [9.17, 15) is 0 Å². The van der Waals surface area contributed by atoms with Gasteiger partial charge in [-0.1, -0.05) is 30.3 Å². The van der Waals surface area contributed by atoms with E-state index in [1.807, 2.05) is 13.0 Å². The third kappa shape index (κ3) is 3.63. The van der Waals surface area contributed by atoms with Crippen LogP contribution in [0.5, 0.6) is 0 Å². The Hall–Kier alpha value is -1.23. The van der Waals surface area contributed by atoms with Crippen molar-refractivity contribution in [3.8, 4) is 0 Å². The number of aromatic nitrogens is 1. The topological polar surface area (TPSA) is 50.9 Å². The van der Waals surface area contributed by atoms with E-state index >= 15 is 0 Å². The largest absolute Gasteiger partial charge is 0.271 e. The Morgan fingerprint density at radius 3 is 2.65 bits per heavy atom. The van der Waals surface area contributed by atoms with Crippen LogP contribution >= 0.6 is 11.3 Å². The minimum Gasteiger partial charge on any atom is -0.271 e. The maximum Gasteiger partial charge on any atom is 0.0944 e. The van der Waals surface area contributed by atoms with Crippen LogP contribution in [0.2, 0.25) is 0 Å². The third-order valence-corrected chi connectivity index (χ3v) is 3.64. The summed E-state index contributed by atoms with van der Waals surface area (Å²) < 4.78 is 0. The molecule has 17 heavy (non-hydrogen) atoms. The van der Waals surface area contributed by atoms with Crippen molar-refractivity contribution in [2.75, 3.05) is 0 Å². The van der Waals surface area contributed by atoms with E-state index in [2.05, 4.69) is 40.1 Å². The number of hydrazine groups is 1. The van der Waals surface area contributed by atoms with Crippen LogP contribution in [0.25, 0.3) is 0 Å². The molecule has 90 valence electrons. The molecular formula is C13H17N3S. The fourth-order valence-electron chi connectivity index (χ4n) is 1.80. The van der Waals surface area contributed by atoms with Crippen molar-refractivity contribution in [2.45, 2.75) is 25.8 Å². The van der Waals surface area contributed by atoms with Gasteiger partial charge in [0.15, 0.2) is 0 Å². The lowest BCUT2D eigenvalue weighted by Crippen LogP contribution is -2.38. The summed E-state index contributed by atoms with van der Waals surface area (Å²) in [6, 6.07) is 10.6. The van der Waals surface area contributed by atoms with Crippen molar-refractivity contribution in [2.24, 2.45) is 5.84 Å². The molecule has 3 N–H and O–H groups in total. The zero-order valence-electron chi connectivity index (χ0n) is 9.89. The second-order valence-electron chi connectivity index (χ2n) is 4.14. The van der Waals surface area contributed by atoms with Crippen LogP contribution < -0.4 is 11.3 Å². The Labute approximate surface area is 106 Å². The molecule has 0 saturated carbocycles. The van der Waals surface area contributed by atoms with Crippen LogP contribution in [-0.4, -0.2) is 11.0 Å². The van der Waals surface area contributed by atoms with E-state index in [-0.39, 0.29) is 6.04 Å². The molecule has 0 radical (unpaired) electrons. The maximum absolute atomic E-state index is 5.60. The molecule has 1 aromatic heterocycles. The molecule has 0 aliphatic heterocycles. The average Bonchev–Trinajstić information content (AvgIpc) is 2.75. The Morgan fingerprint density at radius 1 is 1.29 bits per heavy atom. The number of benzene rings is 1. The summed E-state index contributed by atoms with van der Waals surface area (Å²) in [4.78, 5) is 4.46. The zero-order chi connectivity index (χ0) is 12.1. The van der Waals surface area contributed by atoms with Crippen LogP contribution in [0.4, 0.5) is 0 Å². The first-order valence-corrected chi connectivity index (χ1v) is 6.57. The predicted octanol–water partition coefficient (Wildman–Crippen LogP) is 2.07. The van der Waals surface area contributed by atoms with Crippen molar-refractivity contribution >= 4 is 11.3 Å². The fraction of sp³-hybridized carbons (Fsp3) is 0.308. The molecular weight excluding hydrogens is 230 g/mol. The SMILES string of the molecule is Cc1csc(CC(Cc2ccccc2)NN)n1. The van der Waals surface area contributed by atoms with Gasteiger partial charge in [0.1, 0.15) is 0 Å². The smallest absolute Gasteiger partial charge is 0.0944 e. The van der Waals surface area contributed by atoms with E-state index in [0.717, 1.165) is 23.5 Å². The van der Waals surface area contributed by atoms with Gasteiger partial charge in [0.2, 0.25) is 0 Å².